The molecule has 1 aliphatic rings. The van der Waals surface area contributed by atoms with Gasteiger partial charge in [0.25, 0.3) is 0 Å². The molecular formula is C14H17ClN2O3. The van der Waals surface area contributed by atoms with Crippen molar-refractivity contribution in [1.82, 2.24) is 4.90 Å². The quantitative estimate of drug-likeness (QED) is 0.865. The molecule has 108 valence electrons. The van der Waals surface area contributed by atoms with Crippen LogP contribution in [-0.2, 0) is 9.59 Å². The van der Waals surface area contributed by atoms with Gasteiger partial charge in [-0.1, -0.05) is 23.7 Å². The van der Waals surface area contributed by atoms with Crippen molar-refractivity contribution in [3.8, 4) is 0 Å². The van der Waals surface area contributed by atoms with E-state index in [1.807, 2.05) is 0 Å². The summed E-state index contributed by atoms with van der Waals surface area (Å²) in [4.78, 5) is 24.8. The third-order valence-corrected chi connectivity index (χ3v) is 3.78. The van der Waals surface area contributed by atoms with E-state index >= 15 is 0 Å². The Morgan fingerprint density at radius 2 is 2.30 bits per heavy atom. The maximum Gasteiger partial charge on any atom is 0.305 e. The van der Waals surface area contributed by atoms with Crippen molar-refractivity contribution < 1.29 is 14.7 Å². The summed E-state index contributed by atoms with van der Waals surface area (Å²) in [6, 6.07) is 6.49. The van der Waals surface area contributed by atoms with Crippen molar-refractivity contribution in [2.24, 2.45) is 11.7 Å². The molecule has 5 nitrogen and oxygen atoms in total. The van der Waals surface area contributed by atoms with Crippen molar-refractivity contribution in [3.63, 3.8) is 0 Å². The number of hydrogen-bond donors (Lipinski definition) is 2. The zero-order valence-corrected chi connectivity index (χ0v) is 11.7. The molecule has 0 aliphatic carbocycles. The molecule has 1 aliphatic heterocycles. The molecule has 1 aromatic rings. The van der Waals surface area contributed by atoms with E-state index in [1.54, 1.807) is 29.2 Å². The highest BCUT2D eigenvalue weighted by Gasteiger charge is 2.35. The molecule has 2 rings (SSSR count). The summed E-state index contributed by atoms with van der Waals surface area (Å²) in [6.07, 6.45) is 0.247. The first kappa shape index (κ1) is 14.8. The minimum Gasteiger partial charge on any atom is -0.481 e. The Morgan fingerprint density at radius 3 is 2.85 bits per heavy atom. The number of carbonyl (C=O) groups is 2. The first-order chi connectivity index (χ1) is 9.51. The lowest BCUT2D eigenvalue weighted by Crippen LogP contribution is -2.32. The molecule has 20 heavy (non-hydrogen) atoms. The molecule has 3 N–H and O–H groups in total. The van der Waals surface area contributed by atoms with Crippen LogP contribution in [0, 0.1) is 5.92 Å². The maximum absolute atomic E-state index is 12.1. The number of carboxylic acids is 1. The van der Waals surface area contributed by atoms with Crippen LogP contribution < -0.4 is 5.73 Å². The van der Waals surface area contributed by atoms with Gasteiger partial charge in [0.05, 0.1) is 12.5 Å². The number of carbonyl (C=O) groups excluding carboxylic acids is 1. The Kier molecular flexibility index (Phi) is 4.62. The average Bonchev–Trinajstić information content (AvgIpc) is 2.77. The number of aliphatic carboxylic acids is 1. The molecule has 1 heterocycles. The highest BCUT2D eigenvalue weighted by atomic mass is 35.5. The van der Waals surface area contributed by atoms with Crippen molar-refractivity contribution in [1.29, 1.82) is 0 Å². The third-order valence-electron chi connectivity index (χ3n) is 3.55. The number of amides is 1. The van der Waals surface area contributed by atoms with E-state index in [9.17, 15) is 9.59 Å². The van der Waals surface area contributed by atoms with Gasteiger partial charge in [0, 0.05) is 18.0 Å². The largest absolute Gasteiger partial charge is 0.481 e. The van der Waals surface area contributed by atoms with Gasteiger partial charge in [0.15, 0.2) is 0 Å². The highest BCUT2D eigenvalue weighted by Crippen LogP contribution is 2.32. The lowest BCUT2D eigenvalue weighted by Gasteiger charge is -2.27. The molecule has 1 saturated heterocycles. The highest BCUT2D eigenvalue weighted by molar-refractivity contribution is 6.30. The molecule has 0 aromatic heterocycles. The molecule has 0 saturated carbocycles. The first-order valence-electron chi connectivity index (χ1n) is 6.48. The summed E-state index contributed by atoms with van der Waals surface area (Å²) >= 11 is 5.95. The fourth-order valence-corrected chi connectivity index (χ4v) is 2.75. The van der Waals surface area contributed by atoms with Crippen molar-refractivity contribution in [2.75, 3.05) is 13.1 Å². The average molecular weight is 297 g/mol. The van der Waals surface area contributed by atoms with E-state index < -0.39 is 12.0 Å². The van der Waals surface area contributed by atoms with Crippen LogP contribution in [0.4, 0.5) is 0 Å². The lowest BCUT2D eigenvalue weighted by atomic mass is 10.0. The van der Waals surface area contributed by atoms with E-state index in [1.165, 1.54) is 0 Å². The van der Waals surface area contributed by atoms with Gasteiger partial charge >= 0.3 is 5.97 Å². The van der Waals surface area contributed by atoms with Gasteiger partial charge in [-0.25, -0.2) is 0 Å². The summed E-state index contributed by atoms with van der Waals surface area (Å²) < 4.78 is 0. The number of halogens is 1. The van der Waals surface area contributed by atoms with Crippen LogP contribution in [0.1, 0.15) is 24.4 Å². The minimum atomic E-state index is -0.945. The summed E-state index contributed by atoms with van der Waals surface area (Å²) in [6.45, 7) is 0.928. The Labute approximate surface area is 122 Å². The van der Waals surface area contributed by atoms with E-state index in [2.05, 4.69) is 0 Å². The Bertz CT molecular complexity index is 521. The van der Waals surface area contributed by atoms with E-state index in [0.717, 1.165) is 5.56 Å². The normalized spacial score (nSPS) is 20.2. The SMILES string of the molecule is NCC1CC(=O)N(C(CC(=O)O)c2cccc(Cl)c2)C1. The van der Waals surface area contributed by atoms with Gasteiger partial charge in [-0.2, -0.15) is 0 Å². The summed E-state index contributed by atoms with van der Waals surface area (Å²) in [5.41, 5.74) is 6.35. The molecule has 2 atom stereocenters. The molecule has 6 heteroatoms. The van der Waals surface area contributed by atoms with Crippen LogP contribution in [0.3, 0.4) is 0 Å². The standard InChI is InChI=1S/C14H17ClN2O3/c15-11-3-1-2-10(5-11)12(6-14(19)20)17-8-9(7-16)4-13(17)18/h1-3,5,9,12H,4,6-8,16H2,(H,19,20). The van der Waals surface area contributed by atoms with E-state index in [0.29, 0.717) is 24.5 Å². The van der Waals surface area contributed by atoms with Crippen LogP contribution in [0.25, 0.3) is 0 Å². The molecular weight excluding hydrogens is 280 g/mol. The second-order valence-electron chi connectivity index (χ2n) is 5.02. The fourth-order valence-electron chi connectivity index (χ4n) is 2.55. The molecule has 0 spiro atoms. The van der Waals surface area contributed by atoms with Crippen LogP contribution in [0.2, 0.25) is 5.02 Å². The lowest BCUT2D eigenvalue weighted by molar-refractivity contribution is -0.139. The number of nitrogens with zero attached hydrogens (tertiary/aromatic N) is 1. The Balaban J connectivity index is 2.28. The zero-order valence-electron chi connectivity index (χ0n) is 11.0. The van der Waals surface area contributed by atoms with Gasteiger partial charge in [-0.15, -0.1) is 0 Å². The van der Waals surface area contributed by atoms with Gasteiger partial charge < -0.3 is 15.7 Å². The summed E-state index contributed by atoms with van der Waals surface area (Å²) in [7, 11) is 0. The number of nitrogens with two attached hydrogens (primary N) is 1. The summed E-state index contributed by atoms with van der Waals surface area (Å²) in [5, 5.41) is 9.62. The van der Waals surface area contributed by atoms with E-state index in [-0.39, 0.29) is 18.2 Å². The van der Waals surface area contributed by atoms with Gasteiger partial charge in [0.2, 0.25) is 5.91 Å². The predicted molar refractivity (Wildman–Crippen MR) is 75.3 cm³/mol. The van der Waals surface area contributed by atoms with Crippen LogP contribution >= 0.6 is 11.6 Å². The number of likely N-dealkylation sites (tertiary alicyclic amines) is 1. The molecule has 0 bridgehead atoms. The molecule has 1 fully saturated rings. The van der Waals surface area contributed by atoms with Crippen molar-refractivity contribution in [2.45, 2.75) is 18.9 Å². The number of benzene rings is 1. The number of carboxylic acid groups (broad SMARTS) is 1. The monoisotopic (exact) mass is 296 g/mol. The van der Waals surface area contributed by atoms with E-state index in [4.69, 9.17) is 22.4 Å². The zero-order chi connectivity index (χ0) is 14.7. The van der Waals surface area contributed by atoms with Gasteiger partial charge in [-0.05, 0) is 30.2 Å². The summed E-state index contributed by atoms with van der Waals surface area (Å²) in [5.74, 6) is -0.899. The molecule has 1 aromatic carbocycles. The first-order valence-corrected chi connectivity index (χ1v) is 6.86. The Hall–Kier alpha value is -1.59. The smallest absolute Gasteiger partial charge is 0.305 e. The Morgan fingerprint density at radius 1 is 1.55 bits per heavy atom. The van der Waals surface area contributed by atoms with Crippen LogP contribution in [0.5, 0.6) is 0 Å². The van der Waals surface area contributed by atoms with Gasteiger partial charge in [-0.3, -0.25) is 9.59 Å². The number of rotatable bonds is 5. The van der Waals surface area contributed by atoms with Crippen molar-refractivity contribution in [3.05, 3.63) is 34.9 Å². The number of hydrogen-bond acceptors (Lipinski definition) is 3. The maximum atomic E-state index is 12.1. The topological polar surface area (TPSA) is 83.6 Å². The third kappa shape index (κ3) is 3.29. The second-order valence-corrected chi connectivity index (χ2v) is 5.46. The molecule has 1 amide bonds. The van der Waals surface area contributed by atoms with Crippen LogP contribution in [-0.4, -0.2) is 35.0 Å². The minimum absolute atomic E-state index is 0.0494. The second kappa shape index (κ2) is 6.24. The molecule has 2 unspecified atom stereocenters. The van der Waals surface area contributed by atoms with Crippen LogP contribution in [0.15, 0.2) is 24.3 Å². The fraction of sp³-hybridized carbons (Fsp3) is 0.429. The van der Waals surface area contributed by atoms with Gasteiger partial charge in [0.1, 0.15) is 0 Å². The van der Waals surface area contributed by atoms with Crippen molar-refractivity contribution >= 4 is 23.5 Å². The molecule has 0 radical (unpaired) electrons. The predicted octanol–water partition coefficient (Wildman–Crippen LogP) is 1.66.